The highest BCUT2D eigenvalue weighted by Gasteiger charge is 2.28. The Morgan fingerprint density at radius 1 is 1.10 bits per heavy atom. The number of benzene rings is 1. The normalized spacial score (nSPS) is 18.9. The van der Waals surface area contributed by atoms with E-state index < -0.39 is 18.3 Å². The van der Waals surface area contributed by atoms with E-state index in [9.17, 15) is 13.2 Å². The Kier molecular flexibility index (Phi) is 5.99. The van der Waals surface area contributed by atoms with Crippen LogP contribution >= 0.6 is 0 Å². The first kappa shape index (κ1) is 20.3. The van der Waals surface area contributed by atoms with Gasteiger partial charge in [0.2, 0.25) is 6.20 Å². The molecule has 2 heterocycles. The molecule has 1 aliphatic carbocycles. The molecule has 7 heteroatoms. The highest BCUT2D eigenvalue weighted by atomic mass is 19.1. The van der Waals surface area contributed by atoms with Gasteiger partial charge in [-0.1, -0.05) is 17.2 Å². The number of halogens is 3. The summed E-state index contributed by atoms with van der Waals surface area (Å²) >= 11 is 0. The van der Waals surface area contributed by atoms with Crippen LogP contribution in [-0.4, -0.2) is 11.0 Å². The van der Waals surface area contributed by atoms with Gasteiger partial charge in [-0.25, -0.2) is 13.2 Å². The fourth-order valence-corrected chi connectivity index (χ4v) is 4.25. The first-order valence-corrected chi connectivity index (χ1v) is 10.1. The number of rotatable bonds is 5. The third kappa shape index (κ3) is 4.03. The Bertz CT molecular complexity index is 1020. The zero-order valence-corrected chi connectivity index (χ0v) is 16.5. The standard InChI is InChI=1S/C23H24F3N4/c24-13-16-5-3-11-30(23(16)22-19(25)7-2-8-20(22)26)29-21-14-28-10-9-18(21)15-4-1-6-17(27)12-15/h2-3,5,7-11,14-15,17,29H,1,4,6,12-13,27H2/q+1/t15-,17+/m1/s1. The van der Waals surface area contributed by atoms with Crippen molar-refractivity contribution in [2.45, 2.75) is 44.3 Å². The Balaban J connectivity index is 1.79. The molecule has 3 N–H and O–H groups in total. The van der Waals surface area contributed by atoms with E-state index in [2.05, 4.69) is 10.4 Å². The number of aromatic nitrogens is 2. The topological polar surface area (TPSA) is 54.8 Å². The predicted octanol–water partition coefficient (Wildman–Crippen LogP) is 4.64. The van der Waals surface area contributed by atoms with Crippen molar-refractivity contribution in [3.63, 3.8) is 0 Å². The molecule has 1 aromatic carbocycles. The number of pyridine rings is 2. The van der Waals surface area contributed by atoms with Gasteiger partial charge in [-0.05, 0) is 55.0 Å². The Hall–Kier alpha value is -2.93. The van der Waals surface area contributed by atoms with Gasteiger partial charge in [-0.2, -0.15) is 5.43 Å². The SMILES string of the molecule is N[C@H]1CCC[C@@H](c2ccncc2N[n+]2cccc(CF)c2-c2c(F)cccc2F)C1. The molecule has 3 aromatic rings. The number of nitrogens with zero attached hydrogens (tertiary/aromatic N) is 2. The van der Waals surface area contributed by atoms with Gasteiger partial charge in [0.1, 0.15) is 29.6 Å². The maximum Gasteiger partial charge on any atom is 0.254 e. The molecule has 0 spiro atoms. The average molecular weight is 413 g/mol. The molecule has 156 valence electrons. The van der Waals surface area contributed by atoms with E-state index >= 15 is 0 Å². The monoisotopic (exact) mass is 413 g/mol. The van der Waals surface area contributed by atoms with Crippen molar-refractivity contribution >= 4 is 5.69 Å². The summed E-state index contributed by atoms with van der Waals surface area (Å²) in [4.78, 5) is 4.21. The second-order valence-electron chi connectivity index (χ2n) is 7.68. The van der Waals surface area contributed by atoms with Crippen LogP contribution in [0.25, 0.3) is 11.3 Å². The van der Waals surface area contributed by atoms with Gasteiger partial charge >= 0.3 is 0 Å². The molecule has 1 fully saturated rings. The van der Waals surface area contributed by atoms with Crippen LogP contribution in [0.15, 0.2) is 55.0 Å². The lowest BCUT2D eigenvalue weighted by molar-refractivity contribution is -0.632. The molecule has 2 atom stereocenters. The Morgan fingerprint density at radius 3 is 2.63 bits per heavy atom. The van der Waals surface area contributed by atoms with Gasteiger partial charge < -0.3 is 5.73 Å². The van der Waals surface area contributed by atoms with Crippen LogP contribution in [0, 0.1) is 11.6 Å². The van der Waals surface area contributed by atoms with E-state index in [-0.39, 0.29) is 28.8 Å². The molecular weight excluding hydrogens is 389 g/mol. The highest BCUT2D eigenvalue weighted by Crippen LogP contribution is 2.35. The number of hydrogen-bond acceptors (Lipinski definition) is 3. The summed E-state index contributed by atoms with van der Waals surface area (Å²) in [6.45, 7) is -0.858. The van der Waals surface area contributed by atoms with Crippen LogP contribution in [0.5, 0.6) is 0 Å². The molecule has 0 saturated heterocycles. The molecule has 4 rings (SSSR count). The molecule has 0 radical (unpaired) electrons. The summed E-state index contributed by atoms with van der Waals surface area (Å²) in [7, 11) is 0. The minimum atomic E-state index is -0.858. The predicted molar refractivity (Wildman–Crippen MR) is 109 cm³/mol. The maximum absolute atomic E-state index is 14.6. The van der Waals surface area contributed by atoms with Gasteiger partial charge in [-0.15, -0.1) is 0 Å². The number of hydrogen-bond donors (Lipinski definition) is 2. The fourth-order valence-electron chi connectivity index (χ4n) is 4.25. The van der Waals surface area contributed by atoms with E-state index in [1.54, 1.807) is 24.7 Å². The van der Waals surface area contributed by atoms with Crippen molar-refractivity contribution in [2.75, 3.05) is 5.43 Å². The van der Waals surface area contributed by atoms with E-state index in [0.717, 1.165) is 43.4 Å². The molecule has 0 unspecified atom stereocenters. The van der Waals surface area contributed by atoms with Gasteiger partial charge in [0.25, 0.3) is 5.69 Å². The average Bonchev–Trinajstić information content (AvgIpc) is 2.75. The molecule has 4 nitrogen and oxygen atoms in total. The second kappa shape index (κ2) is 8.83. The number of nitrogens with one attached hydrogen (secondary N) is 1. The lowest BCUT2D eigenvalue weighted by Gasteiger charge is -2.27. The van der Waals surface area contributed by atoms with E-state index in [1.165, 1.54) is 16.8 Å². The molecule has 1 aliphatic rings. The van der Waals surface area contributed by atoms with Gasteiger partial charge in [-0.3, -0.25) is 4.98 Å². The molecular formula is C23H24F3N4+. The van der Waals surface area contributed by atoms with Gasteiger partial charge in [0.15, 0.2) is 0 Å². The van der Waals surface area contributed by atoms with Crippen molar-refractivity contribution in [1.29, 1.82) is 0 Å². The summed E-state index contributed by atoms with van der Waals surface area (Å²) in [5.41, 5.74) is 11.1. The molecule has 0 amide bonds. The van der Waals surface area contributed by atoms with Crippen molar-refractivity contribution in [3.8, 4) is 11.3 Å². The molecule has 0 bridgehead atoms. The summed E-state index contributed by atoms with van der Waals surface area (Å²) < 4.78 is 44.3. The van der Waals surface area contributed by atoms with Crippen LogP contribution in [0.3, 0.4) is 0 Å². The van der Waals surface area contributed by atoms with Crippen molar-refractivity contribution in [1.82, 2.24) is 4.98 Å². The lowest BCUT2D eigenvalue weighted by Crippen LogP contribution is -2.45. The summed E-state index contributed by atoms with van der Waals surface area (Å²) in [6.07, 6.45) is 8.94. The van der Waals surface area contributed by atoms with Crippen molar-refractivity contribution in [2.24, 2.45) is 5.73 Å². The molecule has 30 heavy (non-hydrogen) atoms. The molecule has 1 saturated carbocycles. The van der Waals surface area contributed by atoms with Crippen LogP contribution in [0.1, 0.15) is 42.7 Å². The van der Waals surface area contributed by atoms with Crippen molar-refractivity contribution in [3.05, 3.63) is 77.8 Å². The van der Waals surface area contributed by atoms with E-state index in [4.69, 9.17) is 5.73 Å². The quantitative estimate of drug-likeness (QED) is 0.599. The molecule has 0 aliphatic heterocycles. The van der Waals surface area contributed by atoms with Gasteiger partial charge in [0.05, 0.1) is 11.8 Å². The number of alkyl halides is 1. The van der Waals surface area contributed by atoms with E-state index in [0.29, 0.717) is 5.69 Å². The zero-order valence-electron chi connectivity index (χ0n) is 16.5. The first-order chi connectivity index (χ1) is 14.6. The first-order valence-electron chi connectivity index (χ1n) is 10.1. The Morgan fingerprint density at radius 2 is 1.90 bits per heavy atom. The minimum Gasteiger partial charge on any atom is -0.328 e. The van der Waals surface area contributed by atoms with Crippen molar-refractivity contribution < 1.29 is 17.8 Å². The number of nitrogens with two attached hydrogens (primary N) is 1. The number of anilines is 1. The van der Waals surface area contributed by atoms with Gasteiger partial charge in [0, 0.05) is 18.3 Å². The smallest absolute Gasteiger partial charge is 0.254 e. The van der Waals surface area contributed by atoms with Crippen LogP contribution in [0.2, 0.25) is 0 Å². The van der Waals surface area contributed by atoms with E-state index in [1.807, 2.05) is 6.07 Å². The van der Waals surface area contributed by atoms with Crippen LogP contribution < -0.4 is 15.8 Å². The Labute approximate surface area is 173 Å². The van der Waals surface area contributed by atoms with Crippen LogP contribution in [-0.2, 0) is 6.67 Å². The second-order valence-corrected chi connectivity index (χ2v) is 7.68. The third-order valence-corrected chi connectivity index (χ3v) is 5.67. The summed E-state index contributed by atoms with van der Waals surface area (Å²) in [5.74, 6) is -1.25. The molecule has 2 aromatic heterocycles. The minimum absolute atomic E-state index is 0.103. The van der Waals surface area contributed by atoms with Crippen LogP contribution in [0.4, 0.5) is 18.9 Å². The summed E-state index contributed by atoms with van der Waals surface area (Å²) in [6, 6.07) is 8.85. The highest BCUT2D eigenvalue weighted by molar-refractivity contribution is 5.62. The zero-order chi connectivity index (χ0) is 21.1. The maximum atomic E-state index is 14.6. The fraction of sp³-hybridized carbons (Fsp3) is 0.304. The summed E-state index contributed by atoms with van der Waals surface area (Å²) in [5, 5.41) is 0. The lowest BCUT2D eigenvalue weighted by atomic mass is 9.81. The third-order valence-electron chi connectivity index (χ3n) is 5.67. The largest absolute Gasteiger partial charge is 0.328 e.